The lowest BCUT2D eigenvalue weighted by atomic mass is 9.95. The van der Waals surface area contributed by atoms with Crippen molar-refractivity contribution in [2.45, 2.75) is 64.0 Å². The van der Waals surface area contributed by atoms with Gasteiger partial charge in [-0.15, -0.1) is 11.3 Å². The van der Waals surface area contributed by atoms with Crippen LogP contribution in [0.1, 0.15) is 71.8 Å². The van der Waals surface area contributed by atoms with E-state index in [4.69, 9.17) is 0 Å². The summed E-state index contributed by atoms with van der Waals surface area (Å²) in [7, 11) is 0. The Kier molecular flexibility index (Phi) is 6.72. The van der Waals surface area contributed by atoms with Crippen LogP contribution in [0.2, 0.25) is 0 Å². The number of hydrogen-bond donors (Lipinski definition) is 2. The number of carbonyl (C=O) groups is 2. The summed E-state index contributed by atoms with van der Waals surface area (Å²) in [5, 5.41) is 8.52. The van der Waals surface area contributed by atoms with Gasteiger partial charge in [0.15, 0.2) is 0 Å². The summed E-state index contributed by atoms with van der Waals surface area (Å²) in [6.07, 6.45) is 7.92. The summed E-state index contributed by atoms with van der Waals surface area (Å²) >= 11 is 1.72. The van der Waals surface area contributed by atoms with E-state index in [0.29, 0.717) is 11.6 Å². The zero-order valence-electron chi connectivity index (χ0n) is 17.7. The lowest BCUT2D eigenvalue weighted by Gasteiger charge is -2.24. The van der Waals surface area contributed by atoms with Gasteiger partial charge in [0.25, 0.3) is 5.91 Å². The molecule has 2 aliphatic rings. The fraction of sp³-hybridized carbons (Fsp3) is 0.500. The molecule has 1 saturated heterocycles. The van der Waals surface area contributed by atoms with Gasteiger partial charge in [0.1, 0.15) is 0 Å². The van der Waals surface area contributed by atoms with Gasteiger partial charge in [-0.05, 0) is 67.8 Å². The normalized spacial score (nSPS) is 19.6. The highest BCUT2D eigenvalue weighted by molar-refractivity contribution is 7.10. The molecule has 6 heteroatoms. The molecule has 1 atom stereocenters. The van der Waals surface area contributed by atoms with Gasteiger partial charge >= 0.3 is 0 Å². The molecule has 1 aliphatic carbocycles. The fourth-order valence-corrected chi connectivity index (χ4v) is 5.51. The van der Waals surface area contributed by atoms with Gasteiger partial charge in [-0.3, -0.25) is 9.59 Å². The lowest BCUT2D eigenvalue weighted by Crippen LogP contribution is -2.36. The molecule has 2 N–H and O–H groups in total. The molecule has 1 saturated carbocycles. The van der Waals surface area contributed by atoms with Crippen molar-refractivity contribution in [1.82, 2.24) is 10.2 Å². The number of amides is 2. The number of thiophene rings is 1. The minimum atomic E-state index is 0.00322. The Bertz CT molecular complexity index is 875. The van der Waals surface area contributed by atoms with Crippen molar-refractivity contribution in [2.24, 2.45) is 0 Å². The summed E-state index contributed by atoms with van der Waals surface area (Å²) in [5.74, 6) is 0.132. The second kappa shape index (κ2) is 9.65. The maximum Gasteiger partial charge on any atom is 0.251 e. The molecule has 1 aliphatic heterocycles. The van der Waals surface area contributed by atoms with E-state index < -0.39 is 0 Å². The Morgan fingerprint density at radius 3 is 2.67 bits per heavy atom. The largest absolute Gasteiger partial charge is 0.376 e. The fourth-order valence-electron chi connectivity index (χ4n) is 4.63. The van der Waals surface area contributed by atoms with Gasteiger partial charge in [-0.25, -0.2) is 0 Å². The third kappa shape index (κ3) is 4.86. The number of nitrogens with one attached hydrogen (secondary N) is 2. The predicted molar refractivity (Wildman–Crippen MR) is 122 cm³/mol. The van der Waals surface area contributed by atoms with Crippen LogP contribution in [0.3, 0.4) is 0 Å². The number of likely N-dealkylation sites (tertiary alicyclic amines) is 1. The van der Waals surface area contributed by atoms with Crippen molar-refractivity contribution in [3.05, 3.63) is 51.7 Å². The van der Waals surface area contributed by atoms with E-state index in [2.05, 4.69) is 28.1 Å². The van der Waals surface area contributed by atoms with Crippen molar-refractivity contribution in [3.8, 4) is 0 Å². The number of rotatable bonds is 6. The molecule has 1 aromatic heterocycles. The Balaban J connectivity index is 1.33. The maximum atomic E-state index is 12.8. The molecule has 2 fully saturated rings. The zero-order chi connectivity index (χ0) is 20.9. The maximum absolute atomic E-state index is 12.8. The van der Waals surface area contributed by atoms with E-state index in [1.165, 1.54) is 24.1 Å². The number of nitrogens with zero attached hydrogens (tertiary/aromatic N) is 1. The van der Waals surface area contributed by atoms with Crippen LogP contribution in [0.15, 0.2) is 35.7 Å². The molecule has 1 aromatic carbocycles. The van der Waals surface area contributed by atoms with Crippen LogP contribution in [0.5, 0.6) is 0 Å². The topological polar surface area (TPSA) is 61.4 Å². The molecule has 0 spiro atoms. The minimum absolute atomic E-state index is 0.00322. The molecule has 2 aromatic rings. The molecule has 2 amide bonds. The summed E-state index contributed by atoms with van der Waals surface area (Å²) in [4.78, 5) is 28.7. The highest BCUT2D eigenvalue weighted by Gasteiger charge is 2.30. The Morgan fingerprint density at radius 1 is 1.10 bits per heavy atom. The van der Waals surface area contributed by atoms with Gasteiger partial charge in [0.2, 0.25) is 5.91 Å². The zero-order valence-corrected chi connectivity index (χ0v) is 18.5. The van der Waals surface area contributed by atoms with E-state index in [-0.39, 0.29) is 24.4 Å². The number of anilines is 1. The Labute approximate surface area is 182 Å². The van der Waals surface area contributed by atoms with Crippen LogP contribution in [-0.2, 0) is 4.79 Å². The summed E-state index contributed by atoms with van der Waals surface area (Å²) in [6, 6.07) is 10.4. The van der Waals surface area contributed by atoms with Crippen molar-refractivity contribution in [3.63, 3.8) is 0 Å². The third-order valence-electron chi connectivity index (χ3n) is 6.30. The number of aryl methyl sites for hydroxylation is 1. The van der Waals surface area contributed by atoms with Gasteiger partial charge < -0.3 is 15.5 Å². The van der Waals surface area contributed by atoms with E-state index in [1.54, 1.807) is 11.3 Å². The predicted octanol–water partition coefficient (Wildman–Crippen LogP) is 4.89. The van der Waals surface area contributed by atoms with Crippen molar-refractivity contribution in [2.75, 3.05) is 18.4 Å². The molecular weight excluding hydrogens is 394 g/mol. The molecule has 4 rings (SSSR count). The van der Waals surface area contributed by atoms with Crippen molar-refractivity contribution < 1.29 is 9.59 Å². The average molecular weight is 426 g/mol. The van der Waals surface area contributed by atoms with Crippen LogP contribution in [0.4, 0.5) is 5.69 Å². The van der Waals surface area contributed by atoms with E-state index in [0.717, 1.165) is 43.5 Å². The molecule has 0 radical (unpaired) electrons. The van der Waals surface area contributed by atoms with Crippen LogP contribution >= 0.6 is 11.3 Å². The molecule has 5 nitrogen and oxygen atoms in total. The molecule has 1 unspecified atom stereocenters. The van der Waals surface area contributed by atoms with E-state index in [9.17, 15) is 9.59 Å². The van der Waals surface area contributed by atoms with Crippen LogP contribution in [-0.4, -0.2) is 35.8 Å². The first kappa shape index (κ1) is 20.9. The summed E-state index contributed by atoms with van der Waals surface area (Å²) in [6.45, 7) is 3.08. The average Bonchev–Trinajstić information content (AvgIpc) is 3.45. The lowest BCUT2D eigenvalue weighted by molar-refractivity contribution is -0.130. The smallest absolute Gasteiger partial charge is 0.251 e. The Hall–Kier alpha value is -2.34. The molecule has 2 heterocycles. The molecular formula is C24H31N3O2S. The Morgan fingerprint density at radius 2 is 1.93 bits per heavy atom. The molecule has 30 heavy (non-hydrogen) atoms. The van der Waals surface area contributed by atoms with E-state index in [1.807, 2.05) is 30.0 Å². The monoisotopic (exact) mass is 425 g/mol. The summed E-state index contributed by atoms with van der Waals surface area (Å²) < 4.78 is 0. The van der Waals surface area contributed by atoms with Crippen LogP contribution in [0.25, 0.3) is 0 Å². The highest BCUT2D eigenvalue weighted by atomic mass is 32.1. The van der Waals surface area contributed by atoms with Crippen molar-refractivity contribution >= 4 is 28.8 Å². The molecule has 160 valence electrons. The summed E-state index contributed by atoms with van der Waals surface area (Å²) in [5.41, 5.74) is 2.58. The number of benzene rings is 1. The first-order valence-corrected chi connectivity index (χ1v) is 12.0. The van der Waals surface area contributed by atoms with Gasteiger partial charge in [0.05, 0.1) is 12.6 Å². The SMILES string of the molecule is Cc1cc(C(=O)NC2CCCCC2)ccc1NCC(=O)N1CCCC1c1cccs1. The van der Waals surface area contributed by atoms with Gasteiger partial charge in [-0.2, -0.15) is 0 Å². The first-order chi connectivity index (χ1) is 14.6. The quantitative estimate of drug-likeness (QED) is 0.692. The van der Waals surface area contributed by atoms with Crippen molar-refractivity contribution in [1.29, 1.82) is 0 Å². The number of carbonyl (C=O) groups excluding carboxylic acids is 2. The number of hydrogen-bond acceptors (Lipinski definition) is 4. The minimum Gasteiger partial charge on any atom is -0.376 e. The molecule has 0 bridgehead atoms. The van der Waals surface area contributed by atoms with Gasteiger partial charge in [0, 0.05) is 28.7 Å². The van der Waals surface area contributed by atoms with Crippen LogP contribution in [0, 0.1) is 6.92 Å². The van der Waals surface area contributed by atoms with Crippen LogP contribution < -0.4 is 10.6 Å². The second-order valence-corrected chi connectivity index (χ2v) is 9.43. The first-order valence-electron chi connectivity index (χ1n) is 11.1. The highest BCUT2D eigenvalue weighted by Crippen LogP contribution is 2.34. The van der Waals surface area contributed by atoms with Gasteiger partial charge in [-0.1, -0.05) is 25.3 Å². The standard InChI is InChI=1S/C24H31N3O2S/c1-17-15-18(24(29)26-19-7-3-2-4-8-19)11-12-20(17)25-16-23(28)27-13-5-9-21(27)22-10-6-14-30-22/h6,10-12,14-15,19,21,25H,2-5,7-9,13,16H2,1H3,(H,26,29). The van der Waals surface area contributed by atoms with E-state index >= 15 is 0 Å². The third-order valence-corrected chi connectivity index (χ3v) is 7.28. The second-order valence-electron chi connectivity index (χ2n) is 8.45.